The van der Waals surface area contributed by atoms with E-state index in [1.54, 1.807) is 48.8 Å². The van der Waals surface area contributed by atoms with Crippen LogP contribution < -0.4 is 16.9 Å². The quantitative estimate of drug-likeness (QED) is 0.492. The fourth-order valence-electron chi connectivity index (χ4n) is 2.37. The first-order valence-corrected chi connectivity index (χ1v) is 7.70. The van der Waals surface area contributed by atoms with Gasteiger partial charge in [0.15, 0.2) is 0 Å². The molecule has 3 aromatic rings. The number of nitrogens with one attached hydrogen (secondary N) is 1. The maximum Gasteiger partial charge on any atom is 0.274 e. The highest BCUT2D eigenvalue weighted by Gasteiger charge is 2.08. The molecule has 2 aromatic carbocycles. The summed E-state index contributed by atoms with van der Waals surface area (Å²) in [5.74, 6) is -0.313. The molecule has 1 aromatic heterocycles. The van der Waals surface area contributed by atoms with Crippen LogP contribution in [-0.4, -0.2) is 10.9 Å². The number of nitrogens with two attached hydrogens (primary N) is 2. The van der Waals surface area contributed by atoms with Crippen molar-refractivity contribution in [3.63, 3.8) is 0 Å². The van der Waals surface area contributed by atoms with Gasteiger partial charge in [-0.05, 0) is 35.9 Å². The first-order valence-electron chi connectivity index (χ1n) is 7.70. The van der Waals surface area contributed by atoms with Crippen molar-refractivity contribution in [3.05, 3.63) is 78.1 Å². The zero-order chi connectivity index (χ0) is 17.6. The number of anilines is 2. The molecule has 6 heteroatoms. The van der Waals surface area contributed by atoms with Crippen LogP contribution >= 0.6 is 0 Å². The molecule has 126 valence electrons. The summed E-state index contributed by atoms with van der Waals surface area (Å²) in [4.78, 5) is 21.4. The van der Waals surface area contributed by atoms with Gasteiger partial charge in [0.25, 0.3) is 5.91 Å². The maximum atomic E-state index is 12.0. The molecule has 0 bridgehead atoms. The number of nitrogens with zero attached hydrogens (tertiary/aromatic N) is 1. The molecule has 6 nitrogen and oxygen atoms in total. The molecule has 0 aliphatic carbocycles. The summed E-state index contributed by atoms with van der Waals surface area (Å²) in [6.07, 6.45) is 3.34. The lowest BCUT2D eigenvalue weighted by Crippen LogP contribution is -2.23. The molecule has 0 saturated heterocycles. The number of amides is 1. The number of nitrogen functional groups attached to an aromatic ring is 2. The Bertz CT molecular complexity index is 882. The molecule has 0 fully saturated rings. The van der Waals surface area contributed by atoms with Crippen LogP contribution in [0.2, 0.25) is 0 Å². The first kappa shape index (κ1) is 16.5. The van der Waals surface area contributed by atoms with Gasteiger partial charge in [-0.15, -0.1) is 0 Å². The normalized spacial score (nSPS) is 10.4. The predicted molar refractivity (Wildman–Crippen MR) is 97.2 cm³/mol. The Kier molecular flexibility index (Phi) is 4.92. The van der Waals surface area contributed by atoms with Crippen LogP contribution in [0.1, 0.15) is 15.9 Å². The highest BCUT2D eigenvalue weighted by atomic mass is 16.6. The molecule has 0 atom stereocenters. The molecule has 25 heavy (non-hydrogen) atoms. The summed E-state index contributed by atoms with van der Waals surface area (Å²) < 4.78 is 0. The topological polar surface area (TPSA) is 103 Å². The van der Waals surface area contributed by atoms with Gasteiger partial charge in [0.2, 0.25) is 0 Å². The van der Waals surface area contributed by atoms with Crippen LogP contribution in [0.25, 0.3) is 11.1 Å². The lowest BCUT2D eigenvalue weighted by molar-refractivity contribution is 0.0235. The predicted octanol–water partition coefficient (Wildman–Crippen LogP) is 2.77. The number of hydrogen-bond acceptors (Lipinski definition) is 5. The molecule has 0 spiro atoms. The third-order valence-electron chi connectivity index (χ3n) is 3.74. The number of carbonyl (C=O) groups excluding carboxylic acids is 1. The van der Waals surface area contributed by atoms with E-state index in [1.807, 2.05) is 18.2 Å². The molecule has 1 amide bonds. The van der Waals surface area contributed by atoms with Crippen LogP contribution in [-0.2, 0) is 11.4 Å². The Morgan fingerprint density at radius 3 is 2.60 bits per heavy atom. The van der Waals surface area contributed by atoms with Gasteiger partial charge in [-0.1, -0.05) is 24.3 Å². The van der Waals surface area contributed by atoms with Crippen molar-refractivity contribution in [3.8, 4) is 11.1 Å². The van der Waals surface area contributed by atoms with Gasteiger partial charge in [-0.2, -0.15) is 0 Å². The monoisotopic (exact) mass is 334 g/mol. The summed E-state index contributed by atoms with van der Waals surface area (Å²) >= 11 is 0. The van der Waals surface area contributed by atoms with Gasteiger partial charge in [0.1, 0.15) is 6.61 Å². The molecule has 0 saturated carbocycles. The van der Waals surface area contributed by atoms with Crippen LogP contribution in [0.5, 0.6) is 0 Å². The van der Waals surface area contributed by atoms with Gasteiger partial charge >= 0.3 is 0 Å². The summed E-state index contributed by atoms with van der Waals surface area (Å²) in [7, 11) is 0. The minimum absolute atomic E-state index is 0.137. The Labute approximate surface area is 145 Å². The van der Waals surface area contributed by atoms with Gasteiger partial charge in [0, 0.05) is 40.5 Å². The number of carbonyl (C=O) groups is 1. The summed E-state index contributed by atoms with van der Waals surface area (Å²) in [6, 6.07) is 16.1. The summed E-state index contributed by atoms with van der Waals surface area (Å²) in [6.45, 7) is 0.137. The van der Waals surface area contributed by atoms with Crippen molar-refractivity contribution in [2.24, 2.45) is 0 Å². The van der Waals surface area contributed by atoms with E-state index in [-0.39, 0.29) is 12.5 Å². The SMILES string of the molecule is Nc1ccc(-c2cnccc2N)cc1CONC(=O)c1ccccc1. The molecule has 5 N–H and O–H groups in total. The third-order valence-corrected chi connectivity index (χ3v) is 3.74. The molecular formula is C19H18N4O2. The van der Waals surface area contributed by atoms with Crippen LogP contribution in [0.3, 0.4) is 0 Å². The molecule has 0 radical (unpaired) electrons. The summed E-state index contributed by atoms with van der Waals surface area (Å²) in [5, 5.41) is 0. The second-order valence-electron chi connectivity index (χ2n) is 5.46. The van der Waals surface area contributed by atoms with Gasteiger partial charge in [-0.25, -0.2) is 5.48 Å². The number of hydrogen-bond donors (Lipinski definition) is 3. The van der Waals surface area contributed by atoms with Crippen molar-refractivity contribution in [1.82, 2.24) is 10.5 Å². The Morgan fingerprint density at radius 1 is 1.04 bits per heavy atom. The lowest BCUT2D eigenvalue weighted by atomic mass is 10.0. The molecule has 0 unspecified atom stereocenters. The largest absolute Gasteiger partial charge is 0.398 e. The standard InChI is InChI=1S/C19H18N4O2/c20-17-7-6-14(16-11-22-9-8-18(16)21)10-15(17)12-25-23-19(24)13-4-2-1-3-5-13/h1-11H,12,20H2,(H2,21,22)(H,23,24). The number of pyridine rings is 1. The zero-order valence-corrected chi connectivity index (χ0v) is 13.5. The second-order valence-corrected chi connectivity index (χ2v) is 5.46. The Morgan fingerprint density at radius 2 is 1.84 bits per heavy atom. The number of hydroxylamine groups is 1. The number of benzene rings is 2. The highest BCUT2D eigenvalue weighted by Crippen LogP contribution is 2.27. The fourth-order valence-corrected chi connectivity index (χ4v) is 2.37. The minimum atomic E-state index is -0.313. The average Bonchev–Trinajstić information content (AvgIpc) is 2.64. The lowest BCUT2D eigenvalue weighted by Gasteiger charge is -2.11. The maximum absolute atomic E-state index is 12.0. The van der Waals surface area contributed by atoms with E-state index in [4.69, 9.17) is 16.3 Å². The van der Waals surface area contributed by atoms with Crippen LogP contribution in [0.4, 0.5) is 11.4 Å². The molecular weight excluding hydrogens is 316 g/mol. The third kappa shape index (κ3) is 3.94. The Hall–Kier alpha value is -3.38. The van der Waals surface area contributed by atoms with E-state index in [0.717, 1.165) is 16.7 Å². The van der Waals surface area contributed by atoms with E-state index in [0.29, 0.717) is 16.9 Å². The zero-order valence-electron chi connectivity index (χ0n) is 13.5. The second kappa shape index (κ2) is 7.46. The van der Waals surface area contributed by atoms with Crippen molar-refractivity contribution >= 4 is 17.3 Å². The highest BCUT2D eigenvalue weighted by molar-refractivity contribution is 5.93. The van der Waals surface area contributed by atoms with Gasteiger partial charge < -0.3 is 11.5 Å². The molecule has 0 aliphatic heterocycles. The minimum Gasteiger partial charge on any atom is -0.398 e. The Balaban J connectivity index is 1.70. The van der Waals surface area contributed by atoms with Crippen molar-refractivity contribution in [2.45, 2.75) is 6.61 Å². The van der Waals surface area contributed by atoms with Crippen molar-refractivity contribution < 1.29 is 9.63 Å². The first-order chi connectivity index (χ1) is 12.1. The van der Waals surface area contributed by atoms with E-state index < -0.39 is 0 Å². The van der Waals surface area contributed by atoms with E-state index in [2.05, 4.69) is 10.5 Å². The smallest absolute Gasteiger partial charge is 0.274 e. The van der Waals surface area contributed by atoms with Gasteiger partial charge in [-0.3, -0.25) is 14.6 Å². The van der Waals surface area contributed by atoms with Crippen LogP contribution in [0, 0.1) is 0 Å². The molecule has 1 heterocycles. The van der Waals surface area contributed by atoms with E-state index in [9.17, 15) is 4.79 Å². The molecule has 0 aliphatic rings. The van der Waals surface area contributed by atoms with Crippen LogP contribution in [0.15, 0.2) is 67.0 Å². The average molecular weight is 334 g/mol. The molecule has 3 rings (SSSR count). The number of rotatable bonds is 5. The van der Waals surface area contributed by atoms with Crippen molar-refractivity contribution in [2.75, 3.05) is 11.5 Å². The summed E-state index contributed by atoms with van der Waals surface area (Å²) in [5.41, 5.74) is 18.6. The van der Waals surface area contributed by atoms with E-state index in [1.165, 1.54) is 0 Å². The van der Waals surface area contributed by atoms with Gasteiger partial charge in [0.05, 0.1) is 0 Å². The van der Waals surface area contributed by atoms with Crippen molar-refractivity contribution in [1.29, 1.82) is 0 Å². The number of aromatic nitrogens is 1. The van der Waals surface area contributed by atoms with E-state index >= 15 is 0 Å². The fraction of sp³-hybridized carbons (Fsp3) is 0.0526.